The molecule has 0 bridgehead atoms. The first-order valence-electron chi connectivity index (χ1n) is 6.87. The number of benzene rings is 2. The second kappa shape index (κ2) is 6.63. The van der Waals surface area contributed by atoms with E-state index in [9.17, 15) is 9.18 Å². The highest BCUT2D eigenvalue weighted by molar-refractivity contribution is 6.42. The smallest absolute Gasteiger partial charge is 0.309 e. The Hall–Kier alpha value is -2.37. The highest BCUT2D eigenvalue weighted by Crippen LogP contribution is 2.33. The number of aromatic nitrogens is 1. The van der Waals surface area contributed by atoms with Gasteiger partial charge in [-0.25, -0.2) is 9.37 Å². The molecule has 3 aromatic rings. The maximum absolute atomic E-state index is 13.1. The van der Waals surface area contributed by atoms with Gasteiger partial charge >= 0.3 is 5.97 Å². The first kappa shape index (κ1) is 16.5. The number of carboxylic acid groups (broad SMARTS) is 1. The van der Waals surface area contributed by atoms with Crippen LogP contribution in [0, 0.1) is 5.82 Å². The predicted molar refractivity (Wildman–Crippen MR) is 88.7 cm³/mol. The van der Waals surface area contributed by atoms with Crippen LogP contribution in [-0.2, 0) is 11.2 Å². The SMILES string of the molecule is O=C(O)Cc1nc(-c2ccc(F)cc2)oc1-c1ccc(Cl)c(Cl)c1. The third-order valence-electron chi connectivity index (χ3n) is 3.29. The molecule has 3 rings (SSSR count). The molecule has 122 valence electrons. The van der Waals surface area contributed by atoms with Gasteiger partial charge < -0.3 is 9.52 Å². The molecule has 0 aliphatic carbocycles. The van der Waals surface area contributed by atoms with Crippen molar-refractivity contribution >= 4 is 29.2 Å². The third kappa shape index (κ3) is 3.42. The lowest BCUT2D eigenvalue weighted by Gasteiger charge is -2.01. The molecule has 7 heteroatoms. The van der Waals surface area contributed by atoms with Crippen molar-refractivity contribution in [3.05, 3.63) is 64.0 Å². The molecular formula is C17H10Cl2FNO3. The number of carboxylic acids is 1. The van der Waals surface area contributed by atoms with Crippen LogP contribution in [0.5, 0.6) is 0 Å². The number of oxazole rings is 1. The van der Waals surface area contributed by atoms with Crippen molar-refractivity contribution in [2.24, 2.45) is 0 Å². The van der Waals surface area contributed by atoms with E-state index in [1.54, 1.807) is 18.2 Å². The number of carbonyl (C=O) groups is 1. The van der Waals surface area contributed by atoms with Crippen molar-refractivity contribution in [2.45, 2.75) is 6.42 Å². The Balaban J connectivity index is 2.11. The maximum atomic E-state index is 13.1. The van der Waals surface area contributed by atoms with Crippen LogP contribution >= 0.6 is 23.2 Å². The molecule has 2 aromatic carbocycles. The van der Waals surface area contributed by atoms with Crippen molar-refractivity contribution in [1.82, 2.24) is 4.98 Å². The van der Waals surface area contributed by atoms with E-state index in [-0.39, 0.29) is 29.6 Å². The molecule has 0 fully saturated rings. The van der Waals surface area contributed by atoms with Gasteiger partial charge in [-0.3, -0.25) is 4.79 Å². The molecule has 0 spiro atoms. The number of rotatable bonds is 4. The Morgan fingerprint density at radius 3 is 2.38 bits per heavy atom. The normalized spacial score (nSPS) is 10.8. The van der Waals surface area contributed by atoms with Crippen LogP contribution in [0.1, 0.15) is 5.69 Å². The van der Waals surface area contributed by atoms with Crippen molar-refractivity contribution in [3.63, 3.8) is 0 Å². The molecule has 1 aromatic heterocycles. The van der Waals surface area contributed by atoms with Gasteiger partial charge in [-0.2, -0.15) is 0 Å². The minimum absolute atomic E-state index is 0.201. The molecule has 1 N–H and O–H groups in total. The summed E-state index contributed by atoms with van der Waals surface area (Å²) in [5.41, 5.74) is 1.34. The maximum Gasteiger partial charge on any atom is 0.309 e. The predicted octanol–water partition coefficient (Wildman–Crippen LogP) is 5.08. The number of hydrogen-bond acceptors (Lipinski definition) is 3. The number of hydrogen-bond donors (Lipinski definition) is 1. The quantitative estimate of drug-likeness (QED) is 0.699. The van der Waals surface area contributed by atoms with Gasteiger partial charge in [0.25, 0.3) is 0 Å². The monoisotopic (exact) mass is 365 g/mol. The minimum Gasteiger partial charge on any atom is -0.481 e. The minimum atomic E-state index is -1.05. The third-order valence-corrected chi connectivity index (χ3v) is 4.03. The molecule has 1 heterocycles. The first-order chi connectivity index (χ1) is 11.4. The van der Waals surface area contributed by atoms with Crippen LogP contribution in [0.15, 0.2) is 46.9 Å². The van der Waals surface area contributed by atoms with Crippen LogP contribution in [0.2, 0.25) is 10.0 Å². The molecule has 0 aliphatic heterocycles. The van der Waals surface area contributed by atoms with E-state index in [0.717, 1.165) is 0 Å². The van der Waals surface area contributed by atoms with E-state index in [1.807, 2.05) is 0 Å². The fourth-order valence-corrected chi connectivity index (χ4v) is 2.49. The van der Waals surface area contributed by atoms with Crippen LogP contribution in [0.25, 0.3) is 22.8 Å². The fraction of sp³-hybridized carbons (Fsp3) is 0.0588. The first-order valence-corrected chi connectivity index (χ1v) is 7.62. The molecule has 0 saturated carbocycles. The van der Waals surface area contributed by atoms with Gasteiger partial charge in [0.15, 0.2) is 5.76 Å². The molecule has 0 aliphatic rings. The Kier molecular flexibility index (Phi) is 4.55. The zero-order chi connectivity index (χ0) is 17.3. The molecule has 0 amide bonds. The van der Waals surface area contributed by atoms with Crippen molar-refractivity contribution < 1.29 is 18.7 Å². The van der Waals surface area contributed by atoms with Gasteiger partial charge in [0.05, 0.1) is 22.2 Å². The summed E-state index contributed by atoms with van der Waals surface area (Å²) in [5, 5.41) is 9.76. The van der Waals surface area contributed by atoms with Gasteiger partial charge in [-0.1, -0.05) is 23.2 Å². The van der Waals surface area contributed by atoms with Crippen LogP contribution in [0.4, 0.5) is 4.39 Å². The summed E-state index contributed by atoms with van der Waals surface area (Å²) in [7, 11) is 0. The molecule has 4 nitrogen and oxygen atoms in total. The molecule has 0 saturated heterocycles. The summed E-state index contributed by atoms with van der Waals surface area (Å²) >= 11 is 11.9. The van der Waals surface area contributed by atoms with E-state index in [2.05, 4.69) is 4.98 Å². The summed E-state index contributed by atoms with van der Waals surface area (Å²) in [5.74, 6) is -0.946. The summed E-state index contributed by atoms with van der Waals surface area (Å²) in [6.07, 6.45) is -0.319. The summed E-state index contributed by atoms with van der Waals surface area (Å²) in [6.45, 7) is 0. The Morgan fingerprint density at radius 2 is 1.75 bits per heavy atom. The second-order valence-corrected chi connectivity index (χ2v) is 5.82. The van der Waals surface area contributed by atoms with E-state index in [1.165, 1.54) is 24.3 Å². The molecule has 0 atom stereocenters. The largest absolute Gasteiger partial charge is 0.481 e. The van der Waals surface area contributed by atoms with Gasteiger partial charge in [0.1, 0.15) is 5.82 Å². The van der Waals surface area contributed by atoms with E-state index in [4.69, 9.17) is 32.7 Å². The van der Waals surface area contributed by atoms with Crippen LogP contribution in [0.3, 0.4) is 0 Å². The van der Waals surface area contributed by atoms with E-state index in [0.29, 0.717) is 21.2 Å². The number of nitrogens with zero attached hydrogens (tertiary/aromatic N) is 1. The van der Waals surface area contributed by atoms with E-state index >= 15 is 0 Å². The molecule has 0 radical (unpaired) electrons. The van der Waals surface area contributed by atoms with E-state index < -0.39 is 5.97 Å². The Morgan fingerprint density at radius 1 is 1.08 bits per heavy atom. The standard InChI is InChI=1S/C17H10Cl2FNO3/c18-12-6-3-10(7-13(12)19)16-14(8-15(22)23)21-17(24-16)9-1-4-11(20)5-2-9/h1-7H,8H2,(H,22,23). The van der Waals surface area contributed by atoms with Crippen molar-refractivity contribution in [1.29, 1.82) is 0 Å². The number of aliphatic carboxylic acids is 1. The summed E-state index contributed by atoms with van der Waals surface area (Å²) in [4.78, 5) is 15.3. The summed E-state index contributed by atoms with van der Waals surface area (Å²) < 4.78 is 18.8. The average Bonchev–Trinajstić information content (AvgIpc) is 2.94. The highest BCUT2D eigenvalue weighted by atomic mass is 35.5. The lowest BCUT2D eigenvalue weighted by Crippen LogP contribution is -2.01. The molecule has 24 heavy (non-hydrogen) atoms. The molecule has 0 unspecified atom stereocenters. The lowest BCUT2D eigenvalue weighted by atomic mass is 10.1. The van der Waals surface area contributed by atoms with Gasteiger partial charge in [-0.05, 0) is 42.5 Å². The zero-order valence-electron chi connectivity index (χ0n) is 12.1. The van der Waals surface area contributed by atoms with Gasteiger partial charge in [-0.15, -0.1) is 0 Å². The lowest BCUT2D eigenvalue weighted by molar-refractivity contribution is -0.136. The Labute approximate surface area is 146 Å². The van der Waals surface area contributed by atoms with Gasteiger partial charge in [0, 0.05) is 11.1 Å². The van der Waals surface area contributed by atoms with Crippen molar-refractivity contribution in [2.75, 3.05) is 0 Å². The summed E-state index contributed by atoms with van der Waals surface area (Å²) in [6, 6.07) is 10.4. The Bertz CT molecular complexity index is 907. The topological polar surface area (TPSA) is 63.3 Å². The second-order valence-electron chi connectivity index (χ2n) is 5.00. The average molecular weight is 366 g/mol. The van der Waals surface area contributed by atoms with Crippen LogP contribution < -0.4 is 0 Å². The fourth-order valence-electron chi connectivity index (χ4n) is 2.19. The number of halogens is 3. The van der Waals surface area contributed by atoms with Crippen LogP contribution in [-0.4, -0.2) is 16.1 Å². The zero-order valence-corrected chi connectivity index (χ0v) is 13.6. The van der Waals surface area contributed by atoms with Gasteiger partial charge in [0.2, 0.25) is 5.89 Å². The van der Waals surface area contributed by atoms with Crippen molar-refractivity contribution in [3.8, 4) is 22.8 Å². The molecular weight excluding hydrogens is 356 g/mol. The highest BCUT2D eigenvalue weighted by Gasteiger charge is 2.19.